The van der Waals surface area contributed by atoms with Gasteiger partial charge in [-0.15, -0.1) is 0 Å². The van der Waals surface area contributed by atoms with Gasteiger partial charge in [0.05, 0.1) is 0 Å². The molecule has 0 rings (SSSR count). The third-order valence-corrected chi connectivity index (χ3v) is 10.7. The topological polar surface area (TPSA) is 9.23 Å². The Kier molecular flexibility index (Phi) is 10.4. The summed E-state index contributed by atoms with van der Waals surface area (Å²) in [7, 11) is 0.447. The molecule has 0 aliphatic carbocycles. The van der Waals surface area contributed by atoms with E-state index in [-0.39, 0.29) is 0 Å². The second-order valence-corrected chi connectivity index (χ2v) is 13.4. The van der Waals surface area contributed by atoms with Crippen molar-refractivity contribution in [2.75, 3.05) is 0 Å². The Morgan fingerprint density at radius 3 is 2.13 bits per heavy atom. The molecule has 0 fully saturated rings. The Morgan fingerprint density at radius 2 is 1.67 bits per heavy atom. The van der Waals surface area contributed by atoms with Gasteiger partial charge >= 0.3 is 0 Å². The molecule has 0 N–H and O–H groups in total. The zero-order chi connectivity index (χ0) is 11.0. The second-order valence-electron chi connectivity index (χ2n) is 4.27. The Labute approximate surface area is 97.5 Å². The molecule has 0 bridgehead atoms. The molecule has 83 valence electrons. The van der Waals surface area contributed by atoms with Gasteiger partial charge in [-0.2, -0.15) is 0 Å². The fourth-order valence-corrected chi connectivity index (χ4v) is 11.7. The van der Waals surface area contributed by atoms with Crippen LogP contribution in [0.25, 0.3) is 0 Å². The van der Waals surface area contributed by atoms with Crippen molar-refractivity contribution in [2.24, 2.45) is 0 Å². The predicted octanol–water partition coefficient (Wildman–Crippen LogP) is 3.17. The van der Waals surface area contributed by atoms with E-state index in [2.05, 4.69) is 32.7 Å². The van der Waals surface area contributed by atoms with Crippen LogP contribution in [-0.2, 0) is 4.12 Å². The summed E-state index contributed by atoms with van der Waals surface area (Å²) in [6, 6.07) is 5.47. The summed E-state index contributed by atoms with van der Waals surface area (Å²) in [6.45, 7) is 11.7. The van der Waals surface area contributed by atoms with Crippen LogP contribution in [0.15, 0.2) is 0 Å². The van der Waals surface area contributed by atoms with Crippen molar-refractivity contribution < 1.29 is 4.12 Å². The van der Waals surface area contributed by atoms with E-state index < -0.39 is 17.4 Å². The van der Waals surface area contributed by atoms with Gasteiger partial charge in [0.1, 0.15) is 0 Å². The minimum atomic E-state index is -1.28. The molecule has 0 spiro atoms. The molecule has 0 aromatic rings. The van der Waals surface area contributed by atoms with Crippen molar-refractivity contribution in [3.8, 4) is 0 Å². The Balaban J connectivity index is 0. The maximum absolute atomic E-state index is 6.29. The SMILES string of the molecule is C[Si]CC[Si](C)O[Si](C)(C)CC[Si]C.[Rf]. The van der Waals surface area contributed by atoms with Crippen LogP contribution in [-0.4, -0.2) is 36.4 Å². The first-order chi connectivity index (χ1) is 6.52. The first kappa shape index (κ1) is 17.2. The van der Waals surface area contributed by atoms with E-state index in [0.29, 0.717) is 0 Å². The second kappa shape index (κ2) is 9.08. The maximum Gasteiger partial charge on any atom is 0.194 e. The molecule has 0 amide bonds. The molecule has 5 radical (unpaired) electrons. The van der Waals surface area contributed by atoms with Crippen LogP contribution in [0, 0.1) is 0 Å². The average molecular weight is 527 g/mol. The zero-order valence-electron chi connectivity index (χ0n) is 10.9. The number of rotatable bonds is 8. The van der Waals surface area contributed by atoms with Crippen LogP contribution in [0.1, 0.15) is 0 Å². The van der Waals surface area contributed by atoms with Crippen molar-refractivity contribution in [3.63, 3.8) is 0 Å². The quantitative estimate of drug-likeness (QED) is 0.442. The summed E-state index contributed by atoms with van der Waals surface area (Å²) in [5.74, 6) is 0. The van der Waals surface area contributed by atoms with Gasteiger partial charge in [0, 0.05) is 19.0 Å². The van der Waals surface area contributed by atoms with Crippen LogP contribution < -0.4 is 0 Å². The Hall–Kier alpha value is -0.172. The van der Waals surface area contributed by atoms with E-state index in [9.17, 15) is 0 Å². The smallest absolute Gasteiger partial charge is 0.194 e. The first-order valence-electron chi connectivity index (χ1n) is 5.32. The first-order valence-corrected chi connectivity index (χ1v) is 14.0. The Bertz CT molecular complexity index is 146. The molecule has 0 saturated heterocycles. The molecule has 15 heavy (non-hydrogen) atoms. The standard InChI is InChI=1S/C9H23OSi4.Rf/c1-11-6-8-13(3)10-14(4,5)9-7-12-2;/h6-9H2,1-5H3;. The Morgan fingerprint density at radius 1 is 1.13 bits per heavy atom. The van der Waals surface area contributed by atoms with Crippen molar-refractivity contribution >= 4 is 36.4 Å². The minimum Gasteiger partial charge on any atom is -0.456 e. The van der Waals surface area contributed by atoms with Crippen LogP contribution in [0.2, 0.25) is 56.9 Å². The molecule has 1 nitrogen and oxygen atoms in total. The molecule has 0 aliphatic heterocycles. The molecule has 6 heteroatoms. The van der Waals surface area contributed by atoms with Gasteiger partial charge in [-0.05, 0) is 31.7 Å². The maximum atomic E-state index is 6.29. The summed E-state index contributed by atoms with van der Waals surface area (Å²) in [4.78, 5) is 0. The summed E-state index contributed by atoms with van der Waals surface area (Å²) in [5.41, 5.74) is 0. The molecule has 0 unspecified atom stereocenters. The molecule has 0 aliphatic rings. The summed E-state index contributed by atoms with van der Waals surface area (Å²) in [5, 5.41) is 0. The normalized spacial score (nSPS) is 11.6. The van der Waals surface area contributed by atoms with E-state index in [1.54, 1.807) is 0 Å². The van der Waals surface area contributed by atoms with Crippen molar-refractivity contribution in [1.29, 1.82) is 0 Å². The molecule has 0 heterocycles. The summed E-state index contributed by atoms with van der Waals surface area (Å²) >= 11 is 0. The molecular weight excluding hydrogens is 503 g/mol. The average Bonchev–Trinajstić information content (AvgIpc) is 2.11. The largest absolute Gasteiger partial charge is 0.456 e. The van der Waals surface area contributed by atoms with Crippen molar-refractivity contribution in [2.45, 2.75) is 56.9 Å². The van der Waals surface area contributed by atoms with E-state index in [1.165, 1.54) is 24.2 Å². The van der Waals surface area contributed by atoms with Crippen molar-refractivity contribution in [1.82, 2.24) is 0 Å². The fraction of sp³-hybridized carbons (Fsp3) is 1.00. The molecular formula is C9H23ORfSi4. The number of hydrogen-bond donors (Lipinski definition) is 0. The van der Waals surface area contributed by atoms with Crippen LogP contribution in [0.4, 0.5) is 0 Å². The van der Waals surface area contributed by atoms with Crippen LogP contribution >= 0.6 is 0 Å². The van der Waals surface area contributed by atoms with Crippen LogP contribution in [0.5, 0.6) is 0 Å². The van der Waals surface area contributed by atoms with Gasteiger partial charge in [-0.1, -0.05) is 25.2 Å². The van der Waals surface area contributed by atoms with Gasteiger partial charge in [-0.25, -0.2) is 0 Å². The minimum absolute atomic E-state index is 0. The van der Waals surface area contributed by atoms with Crippen molar-refractivity contribution in [3.05, 3.63) is 0 Å². The fourth-order valence-electron chi connectivity index (χ4n) is 1.30. The third kappa shape index (κ3) is 10.1. The van der Waals surface area contributed by atoms with Gasteiger partial charge in [0.25, 0.3) is 0 Å². The monoisotopic (exact) mass is 526 g/mol. The van der Waals surface area contributed by atoms with E-state index in [4.69, 9.17) is 4.12 Å². The van der Waals surface area contributed by atoms with Crippen LogP contribution in [0.3, 0.4) is 0 Å². The molecule has 0 atom stereocenters. The zero-order valence-corrected chi connectivity index (χ0v) is 21.3. The van der Waals surface area contributed by atoms with Gasteiger partial charge in [0.15, 0.2) is 17.4 Å². The van der Waals surface area contributed by atoms with E-state index in [1.807, 2.05) is 0 Å². The molecule has 0 aromatic carbocycles. The molecule has 0 saturated carbocycles. The van der Waals surface area contributed by atoms with E-state index in [0.717, 1.165) is 19.0 Å². The van der Waals surface area contributed by atoms with E-state index >= 15 is 0 Å². The van der Waals surface area contributed by atoms with Gasteiger partial charge < -0.3 is 4.12 Å². The third-order valence-electron chi connectivity index (χ3n) is 2.15. The predicted molar refractivity (Wildman–Crippen MR) is 72.6 cm³/mol. The molecule has 0 aromatic heterocycles. The van der Waals surface area contributed by atoms with Gasteiger partial charge in [0.2, 0.25) is 0 Å². The van der Waals surface area contributed by atoms with Gasteiger partial charge in [-0.3, -0.25) is 0 Å². The summed E-state index contributed by atoms with van der Waals surface area (Å²) in [6.07, 6.45) is 0. The summed E-state index contributed by atoms with van der Waals surface area (Å²) < 4.78 is 6.29. The number of hydrogen-bond acceptors (Lipinski definition) is 1.